The molecule has 0 unspecified atom stereocenters. The van der Waals surface area contributed by atoms with Crippen molar-refractivity contribution in [1.29, 1.82) is 0 Å². The van der Waals surface area contributed by atoms with Crippen LogP contribution in [0.3, 0.4) is 0 Å². The Morgan fingerprint density at radius 1 is 0.459 bits per heavy atom. The lowest BCUT2D eigenvalue weighted by Gasteiger charge is -2.27. The average Bonchev–Trinajstić information content (AvgIpc) is 2.73. The summed E-state index contributed by atoms with van der Waals surface area (Å²) in [6, 6.07) is 8.83. The van der Waals surface area contributed by atoms with Crippen molar-refractivity contribution in [3.05, 3.63) is 69.8 Å². The van der Waals surface area contributed by atoms with Crippen molar-refractivity contribution in [3.8, 4) is 0 Å². The Kier molecular flexibility index (Phi) is 7.82. The molecule has 0 fully saturated rings. The van der Waals surface area contributed by atoms with Gasteiger partial charge in [-0.3, -0.25) is 13.7 Å². The Balaban J connectivity index is 2.73. The highest BCUT2D eigenvalue weighted by Gasteiger charge is 2.35. The smallest absolute Gasteiger partial charge is 0.282 e. The molecule has 0 heterocycles. The lowest BCUT2D eigenvalue weighted by molar-refractivity contribution is 0.481. The Labute approximate surface area is 218 Å². The molecule has 0 bridgehead atoms. The zero-order chi connectivity index (χ0) is 28.2. The SMILES string of the molecule is Cc1ccc(P(c2ccc(C)c(C)c2S(=O)(=O)O)c2ccc(C)c(C)c2S(=O)(=O)O)c(S(=O)(=O)O)c1C. The molecule has 3 N–H and O–H groups in total. The van der Waals surface area contributed by atoms with Crippen LogP contribution in [0.4, 0.5) is 0 Å². The molecule has 0 aromatic heterocycles. The van der Waals surface area contributed by atoms with E-state index < -0.39 is 53.0 Å². The fraction of sp³-hybridized carbons (Fsp3) is 0.250. The van der Waals surface area contributed by atoms with Gasteiger partial charge in [-0.05, 0) is 82.8 Å². The van der Waals surface area contributed by atoms with E-state index in [0.29, 0.717) is 16.7 Å². The zero-order valence-electron chi connectivity index (χ0n) is 20.9. The van der Waals surface area contributed by atoms with Crippen LogP contribution in [-0.2, 0) is 30.4 Å². The third kappa shape index (κ3) is 5.51. The maximum absolute atomic E-state index is 12.6. The summed E-state index contributed by atoms with van der Waals surface area (Å²) in [4.78, 5) is -1.51. The predicted octanol–water partition coefficient (Wildman–Crippen LogP) is 3.04. The van der Waals surface area contributed by atoms with Crippen molar-refractivity contribution in [3.63, 3.8) is 0 Å². The van der Waals surface area contributed by atoms with E-state index in [9.17, 15) is 38.9 Å². The first-order chi connectivity index (χ1) is 16.8. The zero-order valence-corrected chi connectivity index (χ0v) is 24.3. The molecule has 0 saturated carbocycles. The van der Waals surface area contributed by atoms with Gasteiger partial charge in [0.2, 0.25) is 0 Å². The maximum Gasteiger partial charge on any atom is 0.295 e. The fourth-order valence-electron chi connectivity index (χ4n) is 4.22. The van der Waals surface area contributed by atoms with Crippen molar-refractivity contribution >= 4 is 54.2 Å². The molecule has 3 aromatic carbocycles. The molecule has 3 aromatic rings. The van der Waals surface area contributed by atoms with Crippen molar-refractivity contribution in [1.82, 2.24) is 0 Å². The van der Waals surface area contributed by atoms with Crippen LogP contribution >= 0.6 is 7.92 Å². The van der Waals surface area contributed by atoms with E-state index in [2.05, 4.69) is 0 Å². The first-order valence-corrected chi connectivity index (χ1v) is 16.5. The second-order valence-electron chi connectivity index (χ2n) is 8.83. The molecule has 0 spiro atoms. The molecule has 0 radical (unpaired) electrons. The first-order valence-electron chi connectivity index (χ1n) is 10.8. The van der Waals surface area contributed by atoms with E-state index in [1.54, 1.807) is 39.0 Å². The Morgan fingerprint density at radius 2 is 0.676 bits per heavy atom. The van der Waals surface area contributed by atoms with E-state index in [1.165, 1.54) is 39.0 Å². The van der Waals surface area contributed by atoms with Crippen LogP contribution in [0.5, 0.6) is 0 Å². The summed E-state index contributed by atoms with van der Waals surface area (Å²) in [6.07, 6.45) is 0. The average molecular weight is 587 g/mol. The number of aryl methyl sites for hydroxylation is 3. The predicted molar refractivity (Wildman–Crippen MR) is 143 cm³/mol. The molecule has 9 nitrogen and oxygen atoms in total. The summed E-state index contributed by atoms with van der Waals surface area (Å²) >= 11 is 0. The van der Waals surface area contributed by atoms with Crippen LogP contribution in [-0.4, -0.2) is 38.9 Å². The highest BCUT2D eigenvalue weighted by molar-refractivity contribution is 7.91. The van der Waals surface area contributed by atoms with Gasteiger partial charge < -0.3 is 0 Å². The Hall–Kier alpha value is -2.18. The summed E-state index contributed by atoms with van der Waals surface area (Å²) in [5, 5.41) is -0.203. The van der Waals surface area contributed by atoms with Crippen molar-refractivity contribution in [2.24, 2.45) is 0 Å². The van der Waals surface area contributed by atoms with Crippen molar-refractivity contribution in [2.75, 3.05) is 0 Å². The quantitative estimate of drug-likeness (QED) is 0.291. The number of benzene rings is 3. The first kappa shape index (κ1) is 29.4. The minimum absolute atomic E-state index is 0.0677. The second-order valence-corrected chi connectivity index (χ2v) is 15.0. The molecule has 0 aliphatic heterocycles. The molecular weight excluding hydrogens is 559 g/mol. The van der Waals surface area contributed by atoms with E-state index in [4.69, 9.17) is 0 Å². The van der Waals surface area contributed by atoms with Crippen LogP contribution in [0.2, 0.25) is 0 Å². The molecule has 0 saturated heterocycles. The van der Waals surface area contributed by atoms with Crippen LogP contribution in [0.15, 0.2) is 51.1 Å². The standard InChI is InChI=1S/C24H27O9PS3/c1-13-7-10-19(22(16(13)4)35(25,26)27)34(20-11-8-14(2)17(5)23(20)36(28,29)30)21-12-9-15(3)18(6)24(21)37(31,32)33/h7-12H,1-6H3,(H,25,26,27)(H,28,29,30)(H,31,32,33). The van der Waals surface area contributed by atoms with Gasteiger partial charge >= 0.3 is 0 Å². The lowest BCUT2D eigenvalue weighted by atomic mass is 10.1. The van der Waals surface area contributed by atoms with E-state index in [-0.39, 0.29) is 32.6 Å². The van der Waals surface area contributed by atoms with Crippen LogP contribution in [0, 0.1) is 41.5 Å². The third-order valence-electron chi connectivity index (χ3n) is 6.46. The summed E-state index contributed by atoms with van der Waals surface area (Å²) in [5.41, 5.74) is 2.08. The molecule has 0 aliphatic rings. The summed E-state index contributed by atoms with van der Waals surface area (Å²) in [7, 11) is -17.1. The van der Waals surface area contributed by atoms with Gasteiger partial charge in [-0.15, -0.1) is 0 Å². The number of hydrogen-bond donors (Lipinski definition) is 3. The molecule has 37 heavy (non-hydrogen) atoms. The summed E-state index contributed by atoms with van der Waals surface area (Å²) in [6.45, 7) is 9.25. The molecule has 13 heteroatoms. The van der Waals surface area contributed by atoms with Crippen molar-refractivity contribution in [2.45, 2.75) is 56.2 Å². The maximum atomic E-state index is 12.6. The van der Waals surface area contributed by atoms with Gasteiger partial charge in [0, 0.05) is 15.9 Å². The van der Waals surface area contributed by atoms with Crippen LogP contribution < -0.4 is 15.9 Å². The number of hydrogen-bond acceptors (Lipinski definition) is 6. The minimum Gasteiger partial charge on any atom is -0.282 e. The van der Waals surface area contributed by atoms with Gasteiger partial charge in [-0.1, -0.05) is 36.4 Å². The van der Waals surface area contributed by atoms with Gasteiger partial charge in [0.15, 0.2) is 0 Å². The van der Waals surface area contributed by atoms with Gasteiger partial charge in [0.25, 0.3) is 30.4 Å². The molecule has 0 aliphatic carbocycles. The third-order valence-corrected chi connectivity index (χ3v) is 12.6. The lowest BCUT2D eigenvalue weighted by Crippen LogP contribution is -2.32. The van der Waals surface area contributed by atoms with E-state index in [0.717, 1.165) is 0 Å². The van der Waals surface area contributed by atoms with Crippen molar-refractivity contribution < 1.29 is 38.9 Å². The molecular formula is C24H27O9PS3. The van der Waals surface area contributed by atoms with E-state index >= 15 is 0 Å². The van der Waals surface area contributed by atoms with Gasteiger partial charge in [-0.25, -0.2) is 0 Å². The Bertz CT molecular complexity index is 1550. The normalized spacial score (nSPS) is 12.8. The summed E-state index contributed by atoms with van der Waals surface area (Å²) < 4.78 is 106. The monoisotopic (exact) mass is 586 g/mol. The summed E-state index contributed by atoms with van der Waals surface area (Å²) in [5.74, 6) is 0. The van der Waals surface area contributed by atoms with Gasteiger partial charge in [-0.2, -0.15) is 25.3 Å². The second kappa shape index (κ2) is 9.85. The Morgan fingerprint density at radius 3 is 0.865 bits per heavy atom. The molecule has 3 rings (SSSR count). The van der Waals surface area contributed by atoms with Gasteiger partial charge in [0.1, 0.15) is 14.7 Å². The molecule has 0 atom stereocenters. The molecule has 200 valence electrons. The largest absolute Gasteiger partial charge is 0.295 e. The van der Waals surface area contributed by atoms with E-state index in [1.807, 2.05) is 0 Å². The van der Waals surface area contributed by atoms with Gasteiger partial charge in [0.05, 0.1) is 0 Å². The number of rotatable bonds is 6. The highest BCUT2D eigenvalue weighted by Crippen LogP contribution is 2.42. The minimum atomic E-state index is -4.89. The molecule has 0 amide bonds. The van der Waals surface area contributed by atoms with Crippen LogP contribution in [0.25, 0.3) is 0 Å². The highest BCUT2D eigenvalue weighted by atomic mass is 32.2. The topological polar surface area (TPSA) is 163 Å². The fourth-order valence-corrected chi connectivity index (χ4v) is 11.3. The van der Waals surface area contributed by atoms with Crippen LogP contribution in [0.1, 0.15) is 33.4 Å².